The molecule has 2 aliphatic heterocycles. The Bertz CT molecular complexity index is 962. The number of rotatable bonds is 4. The molecule has 2 N–H and O–H groups in total. The maximum Gasteiger partial charge on any atom is 0.490 e. The minimum absolute atomic E-state index is 0.0717. The third-order valence-corrected chi connectivity index (χ3v) is 5.18. The van der Waals surface area contributed by atoms with Gasteiger partial charge < -0.3 is 24.1 Å². The summed E-state index contributed by atoms with van der Waals surface area (Å²) in [5.74, 6) is -3.68. The molecule has 2 saturated heterocycles. The zero-order chi connectivity index (χ0) is 27.7. The largest absolute Gasteiger partial charge is 0.490 e. The second-order valence-corrected chi connectivity index (χ2v) is 8.13. The van der Waals surface area contributed by atoms with Gasteiger partial charge in [0.1, 0.15) is 17.6 Å². The van der Waals surface area contributed by atoms with Crippen molar-refractivity contribution in [3.8, 4) is 5.75 Å². The van der Waals surface area contributed by atoms with E-state index in [1.165, 1.54) is 0 Å². The lowest BCUT2D eigenvalue weighted by Gasteiger charge is -2.39. The second kappa shape index (κ2) is 12.8. The summed E-state index contributed by atoms with van der Waals surface area (Å²) in [5.41, 5.74) is -0.0717. The summed E-state index contributed by atoms with van der Waals surface area (Å²) in [6.45, 7) is 3.55. The summed E-state index contributed by atoms with van der Waals surface area (Å²) in [6, 6.07) is 7.82. The van der Waals surface area contributed by atoms with Crippen molar-refractivity contribution in [1.82, 2.24) is 9.88 Å². The molecule has 206 valence electrons. The van der Waals surface area contributed by atoms with Crippen molar-refractivity contribution < 1.29 is 60.0 Å². The number of nitrogens with zero attached hydrogens (tertiary/aromatic N) is 2. The van der Waals surface area contributed by atoms with Crippen LogP contribution in [-0.2, 0) is 20.9 Å². The molecule has 0 bridgehead atoms. The van der Waals surface area contributed by atoms with Crippen molar-refractivity contribution >= 4 is 11.9 Å². The van der Waals surface area contributed by atoms with E-state index in [4.69, 9.17) is 33.7 Å². The van der Waals surface area contributed by atoms with Gasteiger partial charge >= 0.3 is 24.3 Å². The lowest BCUT2D eigenvalue weighted by Crippen LogP contribution is -2.47. The molecular formula is C22H24F6N2O7. The third kappa shape index (κ3) is 10.3. The van der Waals surface area contributed by atoms with E-state index in [2.05, 4.69) is 9.88 Å². The molecule has 2 atom stereocenters. The summed E-state index contributed by atoms with van der Waals surface area (Å²) >= 11 is 0. The van der Waals surface area contributed by atoms with E-state index in [0.29, 0.717) is 6.61 Å². The van der Waals surface area contributed by atoms with Gasteiger partial charge in [-0.2, -0.15) is 26.3 Å². The van der Waals surface area contributed by atoms with Crippen LogP contribution < -0.4 is 4.74 Å². The van der Waals surface area contributed by atoms with Crippen LogP contribution in [0.2, 0.25) is 0 Å². The number of hydrogen-bond donors (Lipinski definition) is 2. The minimum Gasteiger partial charge on any atom is -0.486 e. The molecule has 2 aliphatic rings. The lowest BCUT2D eigenvalue weighted by molar-refractivity contribution is -0.193. The number of carboxylic acid groups (broad SMARTS) is 2. The number of furan rings is 1. The van der Waals surface area contributed by atoms with Crippen LogP contribution >= 0.6 is 0 Å². The number of aliphatic carboxylic acids is 2. The van der Waals surface area contributed by atoms with Gasteiger partial charge in [-0.25, -0.2) is 9.59 Å². The highest BCUT2D eigenvalue weighted by Crippen LogP contribution is 2.36. The second-order valence-electron chi connectivity index (χ2n) is 8.13. The average Bonchev–Trinajstić information content (AvgIpc) is 3.44. The molecule has 0 aromatic carbocycles. The molecule has 4 heterocycles. The van der Waals surface area contributed by atoms with Crippen LogP contribution in [0.3, 0.4) is 0 Å². The molecule has 0 radical (unpaired) electrons. The molecular weight excluding hydrogens is 518 g/mol. The van der Waals surface area contributed by atoms with Gasteiger partial charge in [0.2, 0.25) is 0 Å². The fourth-order valence-corrected chi connectivity index (χ4v) is 3.72. The monoisotopic (exact) mass is 542 g/mol. The Morgan fingerprint density at radius 2 is 1.76 bits per heavy atom. The smallest absolute Gasteiger partial charge is 0.486 e. The number of carboxylic acids is 2. The first-order valence-corrected chi connectivity index (χ1v) is 10.8. The normalized spacial score (nSPS) is 21.8. The fraction of sp³-hybridized carbons (Fsp3) is 0.500. The number of piperidine rings is 1. The summed E-state index contributed by atoms with van der Waals surface area (Å²) in [4.78, 5) is 24.3. The van der Waals surface area contributed by atoms with Gasteiger partial charge in [0.05, 0.1) is 31.2 Å². The highest BCUT2D eigenvalue weighted by Gasteiger charge is 2.44. The molecule has 0 amide bonds. The zero-order valence-corrected chi connectivity index (χ0v) is 19.2. The van der Waals surface area contributed by atoms with Crippen molar-refractivity contribution in [2.75, 3.05) is 19.7 Å². The van der Waals surface area contributed by atoms with Crippen molar-refractivity contribution in [1.29, 1.82) is 0 Å². The Labute approximate surface area is 206 Å². The van der Waals surface area contributed by atoms with Crippen LogP contribution in [0.1, 0.15) is 25.0 Å². The minimum atomic E-state index is -5.08. The first kappa shape index (κ1) is 29.9. The van der Waals surface area contributed by atoms with Crippen molar-refractivity contribution in [3.63, 3.8) is 0 Å². The predicted molar refractivity (Wildman–Crippen MR) is 113 cm³/mol. The van der Waals surface area contributed by atoms with Crippen LogP contribution in [-0.4, -0.2) is 75.8 Å². The SMILES string of the molecule is O=C(O)C(F)(F)F.O=C(O)C(F)(F)F.c1cncc(OC2COC3(CCCN(Cc4ccco4)C3)C2)c1. The van der Waals surface area contributed by atoms with E-state index in [1.54, 1.807) is 18.7 Å². The van der Waals surface area contributed by atoms with Gasteiger partial charge in [-0.05, 0) is 43.7 Å². The number of alkyl halides is 6. The van der Waals surface area contributed by atoms with Crippen molar-refractivity contribution in [2.45, 2.75) is 49.9 Å². The number of halogens is 6. The number of likely N-dealkylation sites (tertiary alicyclic amines) is 1. The molecule has 2 fully saturated rings. The standard InChI is InChI=1S/C18H22N2O3.2C2HF3O2/c1-4-15(11-19-7-1)23-17-10-18(22-13-17)6-3-8-20(14-18)12-16-5-2-9-21-16;2*3-2(4,5)1(6)7/h1-2,4-5,7,9,11,17H,3,6,8,10,12-14H2;2*(H,6,7). The molecule has 2 aromatic rings. The first-order chi connectivity index (χ1) is 17.2. The predicted octanol–water partition coefficient (Wildman–Crippen LogP) is 4.14. The highest BCUT2D eigenvalue weighted by atomic mass is 19.4. The maximum atomic E-state index is 10.6. The van der Waals surface area contributed by atoms with E-state index in [0.717, 1.165) is 50.4 Å². The van der Waals surface area contributed by atoms with Crippen LogP contribution in [0.4, 0.5) is 26.3 Å². The maximum absolute atomic E-state index is 10.6. The van der Waals surface area contributed by atoms with E-state index < -0.39 is 24.3 Å². The van der Waals surface area contributed by atoms with Gasteiger partial charge in [0.15, 0.2) is 0 Å². The number of carbonyl (C=O) groups is 2. The molecule has 4 rings (SSSR count). The topological polar surface area (TPSA) is 122 Å². The van der Waals surface area contributed by atoms with Gasteiger partial charge in [-0.15, -0.1) is 0 Å². The Balaban J connectivity index is 0.000000286. The zero-order valence-electron chi connectivity index (χ0n) is 19.2. The number of hydrogen-bond acceptors (Lipinski definition) is 7. The molecule has 0 aliphatic carbocycles. The summed E-state index contributed by atoms with van der Waals surface area (Å²) in [6.07, 6.45) is -1.60. The van der Waals surface area contributed by atoms with Gasteiger partial charge in [0.25, 0.3) is 0 Å². The average molecular weight is 542 g/mol. The van der Waals surface area contributed by atoms with Gasteiger partial charge in [-0.1, -0.05) is 0 Å². The Kier molecular flexibility index (Phi) is 10.3. The number of aromatic nitrogens is 1. The fourth-order valence-electron chi connectivity index (χ4n) is 3.72. The molecule has 0 saturated carbocycles. The van der Waals surface area contributed by atoms with E-state index in [1.807, 2.05) is 24.3 Å². The first-order valence-electron chi connectivity index (χ1n) is 10.8. The molecule has 37 heavy (non-hydrogen) atoms. The van der Waals surface area contributed by atoms with E-state index in [-0.39, 0.29) is 11.7 Å². The Morgan fingerprint density at radius 3 is 2.27 bits per heavy atom. The Morgan fingerprint density at radius 1 is 1.11 bits per heavy atom. The molecule has 9 nitrogen and oxygen atoms in total. The summed E-state index contributed by atoms with van der Waals surface area (Å²) in [5, 5.41) is 14.2. The van der Waals surface area contributed by atoms with E-state index >= 15 is 0 Å². The molecule has 15 heteroatoms. The third-order valence-electron chi connectivity index (χ3n) is 5.18. The van der Waals surface area contributed by atoms with Crippen LogP contribution in [0, 0.1) is 0 Å². The number of ether oxygens (including phenoxy) is 2. The van der Waals surface area contributed by atoms with Crippen LogP contribution in [0.5, 0.6) is 5.75 Å². The highest BCUT2D eigenvalue weighted by molar-refractivity contribution is 5.73. The Hall–Kier alpha value is -3.33. The summed E-state index contributed by atoms with van der Waals surface area (Å²) < 4.78 is 81.2. The lowest BCUT2D eigenvalue weighted by atomic mass is 9.89. The van der Waals surface area contributed by atoms with Crippen LogP contribution in [0.15, 0.2) is 47.3 Å². The van der Waals surface area contributed by atoms with Crippen LogP contribution in [0.25, 0.3) is 0 Å². The van der Waals surface area contributed by atoms with E-state index in [9.17, 15) is 26.3 Å². The molecule has 2 unspecified atom stereocenters. The summed E-state index contributed by atoms with van der Waals surface area (Å²) in [7, 11) is 0. The molecule has 1 spiro atoms. The molecule has 2 aromatic heterocycles. The van der Waals surface area contributed by atoms with Gasteiger partial charge in [-0.3, -0.25) is 9.88 Å². The quantitative estimate of drug-likeness (QED) is 0.549. The number of pyridine rings is 1. The van der Waals surface area contributed by atoms with Crippen molar-refractivity contribution in [2.24, 2.45) is 0 Å². The van der Waals surface area contributed by atoms with Crippen molar-refractivity contribution in [3.05, 3.63) is 48.7 Å². The van der Waals surface area contributed by atoms with Gasteiger partial charge in [0, 0.05) is 19.2 Å².